The van der Waals surface area contributed by atoms with Crippen molar-refractivity contribution in [3.05, 3.63) is 20.7 Å². The smallest absolute Gasteiger partial charge is 0.307 e. The Bertz CT molecular complexity index is 506. The normalized spacial score (nSPS) is 12.1. The third-order valence-electron chi connectivity index (χ3n) is 2.91. The number of nitrogens with zero attached hydrogens (tertiary/aromatic N) is 1. The summed E-state index contributed by atoms with van der Waals surface area (Å²) in [4.78, 5) is 33.6. The summed E-state index contributed by atoms with van der Waals surface area (Å²) in [5, 5.41) is 13.1. The summed E-state index contributed by atoms with van der Waals surface area (Å²) in [7, 11) is 0. The van der Waals surface area contributed by atoms with Gasteiger partial charge in [0.1, 0.15) is 6.54 Å². The van der Waals surface area contributed by atoms with Crippen molar-refractivity contribution in [3.63, 3.8) is 0 Å². The minimum atomic E-state index is -0.869. The zero-order valence-electron chi connectivity index (χ0n) is 11.0. The van der Waals surface area contributed by atoms with Crippen molar-refractivity contribution in [2.45, 2.75) is 33.2 Å². The average molecular weight is 286 g/mol. The van der Waals surface area contributed by atoms with Crippen LogP contribution in [0.2, 0.25) is 0 Å². The fraction of sp³-hybridized carbons (Fsp3) is 0.583. The molecule has 6 nitrogen and oxygen atoms in total. The number of carbonyl (C=O) groups excluding carboxylic acids is 1. The van der Waals surface area contributed by atoms with E-state index in [1.165, 1.54) is 4.57 Å². The summed E-state index contributed by atoms with van der Waals surface area (Å²) in [5.41, 5.74) is 0.753. The first-order valence-corrected chi connectivity index (χ1v) is 6.95. The molecule has 0 aliphatic heterocycles. The summed E-state index contributed by atoms with van der Waals surface area (Å²) < 4.78 is 1.40. The van der Waals surface area contributed by atoms with E-state index in [-0.39, 0.29) is 29.7 Å². The van der Waals surface area contributed by atoms with Crippen molar-refractivity contribution < 1.29 is 14.7 Å². The Hall–Kier alpha value is -1.63. The molecule has 1 rings (SSSR count). The van der Waals surface area contributed by atoms with Crippen LogP contribution in [0, 0.1) is 12.8 Å². The van der Waals surface area contributed by atoms with Crippen LogP contribution in [0.25, 0.3) is 0 Å². The Morgan fingerprint density at radius 1 is 1.53 bits per heavy atom. The number of aromatic nitrogens is 1. The molecule has 106 valence electrons. The van der Waals surface area contributed by atoms with E-state index in [1.54, 1.807) is 12.3 Å². The van der Waals surface area contributed by atoms with Gasteiger partial charge in [0, 0.05) is 24.0 Å². The largest absolute Gasteiger partial charge is 0.481 e. The number of aliphatic carboxylic acids is 1. The molecular weight excluding hydrogens is 268 g/mol. The second kappa shape index (κ2) is 7.08. The molecule has 1 heterocycles. The number of hydrogen-bond donors (Lipinski definition) is 2. The van der Waals surface area contributed by atoms with E-state index in [4.69, 9.17) is 5.11 Å². The average Bonchev–Trinajstić information content (AvgIpc) is 2.65. The topological polar surface area (TPSA) is 88.4 Å². The molecule has 0 saturated heterocycles. The first kappa shape index (κ1) is 15.4. The summed E-state index contributed by atoms with van der Waals surface area (Å²) in [6, 6.07) is 0. The van der Waals surface area contributed by atoms with Gasteiger partial charge in [0.15, 0.2) is 0 Å². The number of aryl methyl sites for hydroxylation is 1. The molecule has 0 spiro atoms. The van der Waals surface area contributed by atoms with Gasteiger partial charge < -0.3 is 10.4 Å². The molecule has 1 unspecified atom stereocenters. The van der Waals surface area contributed by atoms with Gasteiger partial charge in [-0.2, -0.15) is 0 Å². The van der Waals surface area contributed by atoms with E-state index in [2.05, 4.69) is 5.32 Å². The van der Waals surface area contributed by atoms with Crippen LogP contribution in [0.4, 0.5) is 0 Å². The lowest BCUT2D eigenvalue weighted by atomic mass is 10.0. The van der Waals surface area contributed by atoms with Crippen molar-refractivity contribution in [1.82, 2.24) is 9.88 Å². The molecule has 7 heteroatoms. The third kappa shape index (κ3) is 4.86. The van der Waals surface area contributed by atoms with E-state index in [1.807, 2.05) is 6.92 Å². The molecular formula is C12H18N2O4S. The van der Waals surface area contributed by atoms with Crippen molar-refractivity contribution in [1.29, 1.82) is 0 Å². The van der Waals surface area contributed by atoms with Gasteiger partial charge >= 0.3 is 10.8 Å². The SMILES string of the molecule is CCC(CNC(=O)Cn1c(C)csc1=O)CC(=O)O. The molecule has 0 fully saturated rings. The van der Waals surface area contributed by atoms with Crippen LogP contribution in [-0.2, 0) is 16.1 Å². The van der Waals surface area contributed by atoms with Crippen molar-refractivity contribution in [2.75, 3.05) is 6.54 Å². The molecule has 0 aromatic carbocycles. The number of carboxylic acids is 1. The number of rotatable bonds is 7. The quantitative estimate of drug-likeness (QED) is 0.777. The number of carbonyl (C=O) groups is 2. The lowest BCUT2D eigenvalue weighted by molar-refractivity contribution is -0.138. The number of thiazole rings is 1. The molecule has 0 aliphatic carbocycles. The Labute approximate surface area is 115 Å². The standard InChI is InChI=1S/C12H18N2O4S/c1-3-9(4-11(16)17)5-13-10(15)6-14-8(2)7-19-12(14)18/h7,9H,3-6H2,1-2H3,(H,13,15)(H,16,17). The van der Waals surface area contributed by atoms with Crippen LogP contribution in [0.3, 0.4) is 0 Å². The zero-order valence-corrected chi connectivity index (χ0v) is 11.8. The molecule has 0 bridgehead atoms. The summed E-state index contributed by atoms with van der Waals surface area (Å²) in [6.07, 6.45) is 0.720. The number of hydrogen-bond acceptors (Lipinski definition) is 4. The predicted octanol–water partition coefficient (Wildman–Crippen LogP) is 0.835. The van der Waals surface area contributed by atoms with Crippen LogP contribution >= 0.6 is 11.3 Å². The Balaban J connectivity index is 2.48. The fourth-order valence-corrected chi connectivity index (χ4v) is 2.40. The Kier molecular flexibility index (Phi) is 5.75. The highest BCUT2D eigenvalue weighted by Crippen LogP contribution is 2.06. The first-order valence-electron chi connectivity index (χ1n) is 6.07. The van der Waals surface area contributed by atoms with E-state index >= 15 is 0 Å². The molecule has 0 radical (unpaired) electrons. The van der Waals surface area contributed by atoms with Crippen LogP contribution in [-0.4, -0.2) is 28.1 Å². The van der Waals surface area contributed by atoms with Crippen LogP contribution < -0.4 is 10.2 Å². The number of nitrogens with one attached hydrogen (secondary N) is 1. The van der Waals surface area contributed by atoms with E-state index in [0.29, 0.717) is 13.0 Å². The lowest BCUT2D eigenvalue weighted by Gasteiger charge is -2.13. The number of carboxylic acid groups (broad SMARTS) is 1. The highest BCUT2D eigenvalue weighted by atomic mass is 32.1. The third-order valence-corrected chi connectivity index (χ3v) is 3.79. The minimum Gasteiger partial charge on any atom is -0.481 e. The maximum atomic E-state index is 11.7. The molecule has 19 heavy (non-hydrogen) atoms. The molecule has 2 N–H and O–H groups in total. The van der Waals surface area contributed by atoms with Gasteiger partial charge in [0.05, 0.1) is 0 Å². The molecule has 1 atom stereocenters. The highest BCUT2D eigenvalue weighted by Gasteiger charge is 2.13. The van der Waals surface area contributed by atoms with Crippen molar-refractivity contribution in [3.8, 4) is 0 Å². The Morgan fingerprint density at radius 3 is 2.68 bits per heavy atom. The van der Waals surface area contributed by atoms with Crippen LogP contribution in [0.15, 0.2) is 10.2 Å². The lowest BCUT2D eigenvalue weighted by Crippen LogP contribution is -2.34. The van der Waals surface area contributed by atoms with Crippen molar-refractivity contribution in [2.24, 2.45) is 5.92 Å². The molecule has 1 amide bonds. The predicted molar refractivity (Wildman–Crippen MR) is 72.4 cm³/mol. The van der Waals surface area contributed by atoms with Gasteiger partial charge in [-0.05, 0) is 12.8 Å². The molecule has 1 aromatic rings. The summed E-state index contributed by atoms with van der Waals surface area (Å²) in [5.74, 6) is -1.22. The van der Waals surface area contributed by atoms with Gasteiger partial charge in [-0.15, -0.1) is 0 Å². The Morgan fingerprint density at radius 2 is 2.21 bits per heavy atom. The van der Waals surface area contributed by atoms with Crippen LogP contribution in [0.5, 0.6) is 0 Å². The van der Waals surface area contributed by atoms with E-state index < -0.39 is 5.97 Å². The first-order chi connectivity index (χ1) is 8.93. The van der Waals surface area contributed by atoms with Gasteiger partial charge in [0.25, 0.3) is 0 Å². The number of amides is 1. The summed E-state index contributed by atoms with van der Waals surface area (Å²) in [6.45, 7) is 3.95. The van der Waals surface area contributed by atoms with Gasteiger partial charge in [0.2, 0.25) is 5.91 Å². The zero-order chi connectivity index (χ0) is 14.4. The van der Waals surface area contributed by atoms with Crippen molar-refractivity contribution >= 4 is 23.2 Å². The fourth-order valence-electron chi connectivity index (χ4n) is 1.66. The molecule has 0 aliphatic rings. The highest BCUT2D eigenvalue weighted by molar-refractivity contribution is 7.07. The molecule has 1 aromatic heterocycles. The second-order valence-electron chi connectivity index (χ2n) is 4.41. The van der Waals surface area contributed by atoms with E-state index in [9.17, 15) is 14.4 Å². The monoisotopic (exact) mass is 286 g/mol. The summed E-state index contributed by atoms with van der Waals surface area (Å²) >= 11 is 1.06. The van der Waals surface area contributed by atoms with Gasteiger partial charge in [-0.1, -0.05) is 24.7 Å². The molecule has 0 saturated carbocycles. The van der Waals surface area contributed by atoms with E-state index in [0.717, 1.165) is 17.0 Å². The van der Waals surface area contributed by atoms with Crippen LogP contribution in [0.1, 0.15) is 25.5 Å². The minimum absolute atomic E-state index is 0.0162. The maximum absolute atomic E-state index is 11.7. The maximum Gasteiger partial charge on any atom is 0.307 e. The van der Waals surface area contributed by atoms with Gasteiger partial charge in [-0.3, -0.25) is 19.0 Å². The second-order valence-corrected chi connectivity index (χ2v) is 5.23. The van der Waals surface area contributed by atoms with Gasteiger partial charge in [-0.25, -0.2) is 0 Å².